The van der Waals surface area contributed by atoms with Crippen molar-refractivity contribution in [2.24, 2.45) is 0 Å². The molecule has 0 atom stereocenters. The van der Waals surface area contributed by atoms with Gasteiger partial charge < -0.3 is 4.98 Å². The lowest BCUT2D eigenvalue weighted by atomic mass is 10.2. The van der Waals surface area contributed by atoms with E-state index in [2.05, 4.69) is 9.97 Å². The standard InChI is InChI=1S/C16H11F4N3O2S/c17-13-7-10(4-5-12(13)16(18,19)20)23-26(24,25)11-8-15(22-9-11)14-3-1-2-6-21-14/h1-9,22-23H. The van der Waals surface area contributed by atoms with E-state index in [1.165, 1.54) is 18.5 Å². The van der Waals surface area contributed by atoms with Gasteiger partial charge in [-0.15, -0.1) is 0 Å². The van der Waals surface area contributed by atoms with Crippen LogP contribution in [0.1, 0.15) is 5.56 Å². The zero-order valence-corrected chi connectivity index (χ0v) is 13.7. The van der Waals surface area contributed by atoms with Gasteiger partial charge in [-0.3, -0.25) is 9.71 Å². The lowest BCUT2D eigenvalue weighted by Crippen LogP contribution is -2.13. The molecule has 5 nitrogen and oxygen atoms in total. The number of nitrogens with zero attached hydrogens (tertiary/aromatic N) is 1. The maximum atomic E-state index is 13.6. The highest BCUT2D eigenvalue weighted by Gasteiger charge is 2.34. The molecule has 136 valence electrons. The fraction of sp³-hybridized carbons (Fsp3) is 0.0625. The molecule has 0 aliphatic rings. The van der Waals surface area contributed by atoms with E-state index in [1.807, 2.05) is 4.72 Å². The normalized spacial score (nSPS) is 12.2. The van der Waals surface area contributed by atoms with E-state index in [1.54, 1.807) is 18.2 Å². The van der Waals surface area contributed by atoms with Crippen LogP contribution < -0.4 is 4.72 Å². The summed E-state index contributed by atoms with van der Waals surface area (Å²) in [4.78, 5) is 6.65. The molecule has 0 aliphatic heterocycles. The summed E-state index contributed by atoms with van der Waals surface area (Å²) >= 11 is 0. The minimum atomic E-state index is -4.86. The van der Waals surface area contributed by atoms with Crippen molar-refractivity contribution in [3.8, 4) is 11.4 Å². The van der Waals surface area contributed by atoms with Crippen LogP contribution >= 0.6 is 0 Å². The molecule has 0 aliphatic carbocycles. The highest BCUT2D eigenvalue weighted by atomic mass is 32.2. The smallest absolute Gasteiger partial charge is 0.359 e. The number of benzene rings is 1. The number of sulfonamides is 1. The predicted octanol–water partition coefficient (Wildman–Crippen LogP) is 4.04. The Morgan fingerprint density at radius 3 is 2.46 bits per heavy atom. The summed E-state index contributed by atoms with van der Waals surface area (Å²) < 4.78 is 78.0. The van der Waals surface area contributed by atoms with Crippen LogP contribution in [-0.2, 0) is 16.2 Å². The third-order valence-electron chi connectivity index (χ3n) is 3.43. The summed E-state index contributed by atoms with van der Waals surface area (Å²) in [6, 6.07) is 8.20. The van der Waals surface area contributed by atoms with Crippen molar-refractivity contribution in [3.63, 3.8) is 0 Å². The summed E-state index contributed by atoms with van der Waals surface area (Å²) in [6.45, 7) is 0. The first-order valence-corrected chi connectivity index (χ1v) is 8.64. The number of rotatable bonds is 4. The molecule has 0 bridgehead atoms. The molecule has 3 aromatic rings. The van der Waals surface area contributed by atoms with E-state index in [4.69, 9.17) is 0 Å². The SMILES string of the molecule is O=S(=O)(Nc1ccc(C(F)(F)F)c(F)c1)c1c[nH]c(-c2ccccn2)c1. The summed E-state index contributed by atoms with van der Waals surface area (Å²) in [5.41, 5.74) is -0.852. The molecular formula is C16H11F4N3O2S. The number of halogens is 4. The number of aromatic amines is 1. The van der Waals surface area contributed by atoms with Crippen LogP contribution in [0.25, 0.3) is 11.4 Å². The average molecular weight is 385 g/mol. The molecule has 0 amide bonds. The van der Waals surface area contributed by atoms with Gasteiger partial charge in [0.2, 0.25) is 0 Å². The Bertz CT molecular complexity index is 1030. The molecule has 2 N–H and O–H groups in total. The first-order valence-electron chi connectivity index (χ1n) is 7.16. The van der Waals surface area contributed by atoms with Gasteiger partial charge in [0, 0.05) is 12.4 Å². The molecule has 0 spiro atoms. The van der Waals surface area contributed by atoms with Crippen molar-refractivity contribution in [2.45, 2.75) is 11.1 Å². The second-order valence-corrected chi connectivity index (χ2v) is 6.94. The minimum absolute atomic E-state index is 0.168. The number of anilines is 1. The fourth-order valence-electron chi connectivity index (χ4n) is 2.22. The van der Waals surface area contributed by atoms with Gasteiger partial charge in [-0.25, -0.2) is 12.8 Å². The number of hydrogen-bond donors (Lipinski definition) is 2. The second-order valence-electron chi connectivity index (χ2n) is 5.26. The van der Waals surface area contributed by atoms with Crippen LogP contribution in [0.3, 0.4) is 0 Å². The molecular weight excluding hydrogens is 374 g/mol. The lowest BCUT2D eigenvalue weighted by molar-refractivity contribution is -0.139. The van der Waals surface area contributed by atoms with Gasteiger partial charge >= 0.3 is 6.18 Å². The highest BCUT2D eigenvalue weighted by Crippen LogP contribution is 2.33. The van der Waals surface area contributed by atoms with E-state index < -0.39 is 27.6 Å². The third-order valence-corrected chi connectivity index (χ3v) is 4.80. The minimum Gasteiger partial charge on any atom is -0.359 e. The zero-order chi connectivity index (χ0) is 18.9. The predicted molar refractivity (Wildman–Crippen MR) is 86.2 cm³/mol. The Labute approximate surface area is 145 Å². The van der Waals surface area contributed by atoms with Crippen molar-refractivity contribution >= 4 is 15.7 Å². The molecule has 10 heteroatoms. The van der Waals surface area contributed by atoms with Crippen LogP contribution in [0.2, 0.25) is 0 Å². The maximum absolute atomic E-state index is 13.6. The number of aromatic nitrogens is 2. The van der Waals surface area contributed by atoms with Crippen molar-refractivity contribution in [3.05, 3.63) is 66.2 Å². The van der Waals surface area contributed by atoms with Gasteiger partial charge in [0.1, 0.15) is 10.7 Å². The first kappa shape index (κ1) is 17.9. The molecule has 0 radical (unpaired) electrons. The third kappa shape index (κ3) is 3.69. The van der Waals surface area contributed by atoms with Crippen molar-refractivity contribution in [1.82, 2.24) is 9.97 Å². The molecule has 3 rings (SSSR count). The van der Waals surface area contributed by atoms with Gasteiger partial charge in [0.05, 0.1) is 22.6 Å². The van der Waals surface area contributed by atoms with E-state index >= 15 is 0 Å². The Kier molecular flexibility index (Phi) is 4.45. The van der Waals surface area contributed by atoms with E-state index in [-0.39, 0.29) is 10.6 Å². The summed E-state index contributed by atoms with van der Waals surface area (Å²) in [7, 11) is -4.12. The second kappa shape index (κ2) is 6.45. The van der Waals surface area contributed by atoms with Crippen LogP contribution in [0.4, 0.5) is 23.2 Å². The average Bonchev–Trinajstić information content (AvgIpc) is 3.05. The fourth-order valence-corrected chi connectivity index (χ4v) is 3.26. The molecule has 0 fully saturated rings. The van der Waals surface area contributed by atoms with Crippen LogP contribution in [-0.4, -0.2) is 18.4 Å². The van der Waals surface area contributed by atoms with Gasteiger partial charge in [-0.2, -0.15) is 13.2 Å². The lowest BCUT2D eigenvalue weighted by Gasteiger charge is -2.10. The molecule has 0 saturated carbocycles. The number of nitrogens with one attached hydrogen (secondary N) is 2. The Morgan fingerprint density at radius 2 is 1.85 bits per heavy atom. The van der Waals surface area contributed by atoms with Crippen LogP contribution in [0, 0.1) is 5.82 Å². The molecule has 1 aromatic carbocycles. The van der Waals surface area contributed by atoms with Crippen LogP contribution in [0.5, 0.6) is 0 Å². The molecule has 26 heavy (non-hydrogen) atoms. The van der Waals surface area contributed by atoms with Crippen molar-refractivity contribution < 1.29 is 26.0 Å². The van der Waals surface area contributed by atoms with Crippen LogP contribution in [0.15, 0.2) is 59.8 Å². The monoisotopic (exact) mass is 385 g/mol. The molecule has 0 unspecified atom stereocenters. The summed E-state index contributed by atoms with van der Waals surface area (Å²) in [6.07, 6.45) is -2.12. The topological polar surface area (TPSA) is 74.8 Å². The van der Waals surface area contributed by atoms with Crippen molar-refractivity contribution in [1.29, 1.82) is 0 Å². The van der Waals surface area contributed by atoms with Gasteiger partial charge in [-0.05, 0) is 36.4 Å². The number of pyridine rings is 1. The van der Waals surface area contributed by atoms with E-state index in [9.17, 15) is 26.0 Å². The Hall–Kier alpha value is -2.88. The van der Waals surface area contributed by atoms with Gasteiger partial charge in [0.15, 0.2) is 0 Å². The zero-order valence-electron chi connectivity index (χ0n) is 12.9. The van der Waals surface area contributed by atoms with Crippen molar-refractivity contribution in [2.75, 3.05) is 4.72 Å². The largest absolute Gasteiger partial charge is 0.419 e. The summed E-state index contributed by atoms with van der Waals surface area (Å²) in [5.74, 6) is -1.57. The maximum Gasteiger partial charge on any atom is 0.419 e. The molecule has 2 aromatic heterocycles. The quantitative estimate of drug-likeness (QED) is 0.666. The number of hydrogen-bond acceptors (Lipinski definition) is 3. The Morgan fingerprint density at radius 1 is 1.08 bits per heavy atom. The highest BCUT2D eigenvalue weighted by molar-refractivity contribution is 7.92. The number of H-pyrrole nitrogens is 1. The van der Waals surface area contributed by atoms with Gasteiger partial charge in [0.25, 0.3) is 10.0 Å². The summed E-state index contributed by atoms with van der Waals surface area (Å²) in [5, 5.41) is 0. The van der Waals surface area contributed by atoms with E-state index in [0.29, 0.717) is 23.5 Å². The molecule has 2 heterocycles. The van der Waals surface area contributed by atoms with E-state index in [0.717, 1.165) is 6.07 Å². The first-order chi connectivity index (χ1) is 12.2. The molecule has 0 saturated heterocycles. The van der Waals surface area contributed by atoms with Gasteiger partial charge in [-0.1, -0.05) is 6.07 Å². The number of alkyl halides is 3. The Balaban J connectivity index is 1.86.